The molecule has 0 bridgehead atoms. The summed E-state index contributed by atoms with van der Waals surface area (Å²) in [6, 6.07) is -0.496. The molecule has 9 heteroatoms. The fourth-order valence-electron chi connectivity index (χ4n) is 4.43. The molecule has 27 heavy (non-hydrogen) atoms. The standard InChI is InChI=1S/C18H25F3N4O2/c1-11-8-15(18(19,20)21)25-16(22-11)10-13(23-25)14-5-2-6-24(14)17(26)9-12-4-3-7-27-12/h10-12,14-15,22H,2-9H2,1H3/t11-,12+,14-,15-/m1/s1. The first kappa shape index (κ1) is 18.6. The summed E-state index contributed by atoms with van der Waals surface area (Å²) in [6.07, 6.45) is -0.688. The van der Waals surface area contributed by atoms with E-state index in [9.17, 15) is 18.0 Å². The van der Waals surface area contributed by atoms with E-state index in [1.807, 2.05) is 0 Å². The number of carbonyl (C=O) groups excluding carboxylic acids is 1. The number of aromatic nitrogens is 2. The van der Waals surface area contributed by atoms with E-state index in [0.717, 1.165) is 30.4 Å². The van der Waals surface area contributed by atoms with E-state index in [0.29, 0.717) is 31.1 Å². The second-order valence-corrected chi connectivity index (χ2v) is 7.82. The number of halogens is 3. The molecule has 0 unspecified atom stereocenters. The monoisotopic (exact) mass is 386 g/mol. The number of hydrogen-bond acceptors (Lipinski definition) is 4. The maximum Gasteiger partial charge on any atom is 0.410 e. The number of hydrogen-bond donors (Lipinski definition) is 1. The quantitative estimate of drug-likeness (QED) is 0.865. The number of nitrogens with zero attached hydrogens (tertiary/aromatic N) is 3. The number of anilines is 1. The summed E-state index contributed by atoms with van der Waals surface area (Å²) >= 11 is 0. The van der Waals surface area contributed by atoms with E-state index >= 15 is 0 Å². The van der Waals surface area contributed by atoms with Gasteiger partial charge in [-0.1, -0.05) is 0 Å². The van der Waals surface area contributed by atoms with Crippen molar-refractivity contribution in [2.75, 3.05) is 18.5 Å². The van der Waals surface area contributed by atoms with E-state index in [4.69, 9.17) is 4.74 Å². The van der Waals surface area contributed by atoms with Gasteiger partial charge >= 0.3 is 6.18 Å². The van der Waals surface area contributed by atoms with Gasteiger partial charge in [0.05, 0.1) is 24.3 Å². The zero-order chi connectivity index (χ0) is 19.2. The number of fused-ring (bicyclic) bond motifs is 1. The minimum absolute atomic E-state index is 0.00377. The van der Waals surface area contributed by atoms with Crippen molar-refractivity contribution in [3.8, 4) is 0 Å². The molecule has 0 aromatic carbocycles. The Balaban J connectivity index is 1.55. The predicted molar refractivity (Wildman–Crippen MR) is 92.3 cm³/mol. The topological polar surface area (TPSA) is 59.4 Å². The lowest BCUT2D eigenvalue weighted by Gasteiger charge is -2.31. The van der Waals surface area contributed by atoms with Crippen molar-refractivity contribution in [2.24, 2.45) is 0 Å². The molecule has 0 spiro atoms. The maximum atomic E-state index is 13.4. The average Bonchev–Trinajstić information content (AvgIpc) is 3.32. The van der Waals surface area contributed by atoms with Gasteiger partial charge in [0.25, 0.3) is 0 Å². The van der Waals surface area contributed by atoms with Gasteiger partial charge in [0.1, 0.15) is 5.82 Å². The van der Waals surface area contributed by atoms with Crippen LogP contribution in [0, 0.1) is 0 Å². The number of ether oxygens (including phenoxy) is 1. The summed E-state index contributed by atoms with van der Waals surface area (Å²) < 4.78 is 46.9. The first-order valence-corrected chi connectivity index (χ1v) is 9.66. The molecule has 1 amide bonds. The molecular formula is C18H25F3N4O2. The normalized spacial score (nSPS) is 31.0. The lowest BCUT2D eigenvalue weighted by atomic mass is 10.1. The molecule has 2 fully saturated rings. The van der Waals surface area contributed by atoms with Gasteiger partial charge in [-0.25, -0.2) is 4.68 Å². The highest BCUT2D eigenvalue weighted by Crippen LogP contribution is 2.41. The van der Waals surface area contributed by atoms with Crippen LogP contribution in [0.3, 0.4) is 0 Å². The van der Waals surface area contributed by atoms with Gasteiger partial charge in [-0.15, -0.1) is 0 Å². The Kier molecular flexibility index (Phi) is 4.82. The average molecular weight is 386 g/mol. The molecule has 3 aliphatic heterocycles. The lowest BCUT2D eigenvalue weighted by molar-refractivity contribution is -0.173. The van der Waals surface area contributed by atoms with E-state index in [2.05, 4.69) is 10.4 Å². The number of likely N-dealkylation sites (tertiary alicyclic amines) is 1. The minimum Gasteiger partial charge on any atom is -0.378 e. The van der Waals surface area contributed by atoms with Crippen molar-refractivity contribution in [3.05, 3.63) is 11.8 Å². The molecule has 1 aromatic rings. The van der Waals surface area contributed by atoms with E-state index in [1.165, 1.54) is 0 Å². The van der Waals surface area contributed by atoms with E-state index < -0.39 is 12.2 Å². The maximum absolute atomic E-state index is 13.4. The summed E-state index contributed by atoms with van der Waals surface area (Å²) in [4.78, 5) is 14.5. The highest BCUT2D eigenvalue weighted by molar-refractivity contribution is 5.77. The molecule has 3 aliphatic rings. The van der Waals surface area contributed by atoms with E-state index in [-0.39, 0.29) is 30.5 Å². The molecule has 0 saturated carbocycles. The summed E-state index contributed by atoms with van der Waals surface area (Å²) in [5.74, 6) is 0.383. The minimum atomic E-state index is -4.35. The van der Waals surface area contributed by atoms with Crippen LogP contribution in [0.5, 0.6) is 0 Å². The third-order valence-corrected chi connectivity index (χ3v) is 5.74. The Morgan fingerprint density at radius 3 is 2.89 bits per heavy atom. The van der Waals surface area contributed by atoms with Crippen molar-refractivity contribution in [2.45, 2.75) is 75.9 Å². The smallest absolute Gasteiger partial charge is 0.378 e. The van der Waals surface area contributed by atoms with Gasteiger partial charge < -0.3 is 15.0 Å². The van der Waals surface area contributed by atoms with Gasteiger partial charge in [0.15, 0.2) is 6.04 Å². The molecule has 4 heterocycles. The predicted octanol–water partition coefficient (Wildman–Crippen LogP) is 3.42. The number of carbonyl (C=O) groups is 1. The second-order valence-electron chi connectivity index (χ2n) is 7.82. The van der Waals surface area contributed by atoms with Crippen LogP contribution in [-0.2, 0) is 9.53 Å². The summed E-state index contributed by atoms with van der Waals surface area (Å²) in [6.45, 7) is 3.05. The van der Waals surface area contributed by atoms with Crippen LogP contribution in [0.25, 0.3) is 0 Å². The van der Waals surface area contributed by atoms with Crippen LogP contribution in [0.15, 0.2) is 6.07 Å². The molecule has 0 aliphatic carbocycles. The largest absolute Gasteiger partial charge is 0.410 e. The number of amides is 1. The molecule has 1 aromatic heterocycles. The van der Waals surface area contributed by atoms with Crippen LogP contribution >= 0.6 is 0 Å². The third kappa shape index (κ3) is 3.66. The second kappa shape index (κ2) is 7.00. The van der Waals surface area contributed by atoms with Gasteiger partial charge in [0, 0.05) is 25.3 Å². The third-order valence-electron chi connectivity index (χ3n) is 5.74. The van der Waals surface area contributed by atoms with Crippen LogP contribution < -0.4 is 5.32 Å². The summed E-state index contributed by atoms with van der Waals surface area (Å²) in [5, 5.41) is 7.37. The van der Waals surface area contributed by atoms with Gasteiger partial charge in [-0.05, 0) is 39.0 Å². The summed E-state index contributed by atoms with van der Waals surface area (Å²) in [7, 11) is 0. The first-order valence-electron chi connectivity index (χ1n) is 9.66. The highest BCUT2D eigenvalue weighted by atomic mass is 19.4. The van der Waals surface area contributed by atoms with Crippen LogP contribution in [-0.4, -0.2) is 52.1 Å². The SMILES string of the molecule is C[C@@H]1C[C@H](C(F)(F)F)n2nc([C@H]3CCCN3C(=O)C[C@@H]3CCCO3)cc2N1. The molecule has 0 radical (unpaired) electrons. The first-order chi connectivity index (χ1) is 12.8. The molecule has 4 atom stereocenters. The number of nitrogens with one attached hydrogen (secondary N) is 1. The Bertz CT molecular complexity index is 699. The Morgan fingerprint density at radius 1 is 1.37 bits per heavy atom. The molecular weight excluding hydrogens is 361 g/mol. The fourth-order valence-corrected chi connectivity index (χ4v) is 4.43. The van der Waals surface area contributed by atoms with Gasteiger partial charge in [0.2, 0.25) is 5.91 Å². The van der Waals surface area contributed by atoms with Crippen molar-refractivity contribution in [1.82, 2.24) is 14.7 Å². The lowest BCUT2D eigenvalue weighted by Crippen LogP contribution is -2.38. The van der Waals surface area contributed by atoms with Crippen molar-refractivity contribution < 1.29 is 22.7 Å². The van der Waals surface area contributed by atoms with Crippen molar-refractivity contribution in [3.63, 3.8) is 0 Å². The zero-order valence-corrected chi connectivity index (χ0v) is 15.3. The van der Waals surface area contributed by atoms with E-state index in [1.54, 1.807) is 17.9 Å². The van der Waals surface area contributed by atoms with Crippen LogP contribution in [0.4, 0.5) is 19.0 Å². The van der Waals surface area contributed by atoms with Crippen LogP contribution in [0.1, 0.15) is 63.2 Å². The fraction of sp³-hybridized carbons (Fsp3) is 0.778. The molecule has 1 N–H and O–H groups in total. The van der Waals surface area contributed by atoms with Crippen molar-refractivity contribution in [1.29, 1.82) is 0 Å². The summed E-state index contributed by atoms with van der Waals surface area (Å²) in [5.41, 5.74) is 0.541. The Labute approximate surface area is 156 Å². The molecule has 2 saturated heterocycles. The van der Waals surface area contributed by atoms with Crippen molar-refractivity contribution >= 4 is 11.7 Å². The molecule has 4 rings (SSSR count). The van der Waals surface area contributed by atoms with Crippen LogP contribution in [0.2, 0.25) is 0 Å². The number of rotatable bonds is 3. The zero-order valence-electron chi connectivity index (χ0n) is 15.3. The van der Waals surface area contributed by atoms with Gasteiger partial charge in [-0.3, -0.25) is 4.79 Å². The van der Waals surface area contributed by atoms with Gasteiger partial charge in [-0.2, -0.15) is 18.3 Å². The Hall–Kier alpha value is -1.77. The molecule has 150 valence electrons. The Morgan fingerprint density at radius 2 is 2.19 bits per heavy atom. The molecule has 6 nitrogen and oxygen atoms in total. The number of alkyl halides is 3. The highest BCUT2D eigenvalue weighted by Gasteiger charge is 2.46.